The van der Waals surface area contributed by atoms with Gasteiger partial charge in [0.25, 0.3) is 0 Å². The molecule has 4 nitrogen and oxygen atoms in total. The van der Waals surface area contributed by atoms with Gasteiger partial charge in [0.1, 0.15) is 5.52 Å². The lowest BCUT2D eigenvalue weighted by Gasteiger charge is -2.09. The smallest absolute Gasteiger partial charge is 0.195 e. The Labute approximate surface area is 128 Å². The molecule has 0 spiro atoms. The van der Waals surface area contributed by atoms with Gasteiger partial charge in [-0.3, -0.25) is 9.97 Å². The zero-order valence-corrected chi connectivity index (χ0v) is 12.7. The predicted octanol–water partition coefficient (Wildman–Crippen LogP) is 4.04. The van der Waals surface area contributed by atoms with E-state index < -0.39 is 0 Å². The SMILES string of the molecule is CC(SCCCc1nc2ccccc2o1)c1cnccn1. The van der Waals surface area contributed by atoms with E-state index >= 15 is 0 Å². The zero-order chi connectivity index (χ0) is 14.5. The van der Waals surface area contributed by atoms with Gasteiger partial charge in [-0.05, 0) is 31.2 Å². The number of benzene rings is 1. The molecule has 2 aromatic heterocycles. The summed E-state index contributed by atoms with van der Waals surface area (Å²) in [4.78, 5) is 12.9. The molecule has 0 radical (unpaired) electrons. The highest BCUT2D eigenvalue weighted by atomic mass is 32.2. The first kappa shape index (κ1) is 14.1. The number of thioether (sulfide) groups is 1. The number of fused-ring (bicyclic) bond motifs is 1. The Kier molecular flexibility index (Phi) is 4.50. The van der Waals surface area contributed by atoms with Crippen LogP contribution in [0.3, 0.4) is 0 Å². The number of hydrogen-bond acceptors (Lipinski definition) is 5. The maximum absolute atomic E-state index is 5.72. The standard InChI is InChI=1S/C16H17N3OS/c1-12(14-11-17-8-9-18-14)21-10-4-7-16-19-13-5-2-3-6-15(13)20-16/h2-3,5-6,8-9,11-12H,4,7,10H2,1H3. The molecule has 3 aromatic rings. The fourth-order valence-corrected chi connectivity index (χ4v) is 3.07. The molecule has 1 unspecified atom stereocenters. The maximum Gasteiger partial charge on any atom is 0.195 e. The minimum Gasteiger partial charge on any atom is -0.441 e. The third-order valence-electron chi connectivity index (χ3n) is 3.24. The summed E-state index contributed by atoms with van der Waals surface area (Å²) in [6.07, 6.45) is 7.19. The van der Waals surface area contributed by atoms with Crippen LogP contribution in [0.2, 0.25) is 0 Å². The first-order valence-corrected chi connectivity index (χ1v) is 8.10. The number of rotatable bonds is 6. The van der Waals surface area contributed by atoms with Gasteiger partial charge in [-0.25, -0.2) is 4.98 Å². The molecule has 0 N–H and O–H groups in total. The van der Waals surface area contributed by atoms with Gasteiger partial charge in [0.2, 0.25) is 0 Å². The molecule has 0 aliphatic carbocycles. The van der Waals surface area contributed by atoms with Crippen LogP contribution in [0.5, 0.6) is 0 Å². The van der Waals surface area contributed by atoms with Gasteiger partial charge >= 0.3 is 0 Å². The number of nitrogens with zero attached hydrogens (tertiary/aromatic N) is 3. The van der Waals surface area contributed by atoms with E-state index in [0.717, 1.165) is 41.3 Å². The fourth-order valence-electron chi connectivity index (χ4n) is 2.12. The molecule has 0 fully saturated rings. The van der Waals surface area contributed by atoms with Gasteiger partial charge in [0.05, 0.1) is 5.69 Å². The first-order valence-electron chi connectivity index (χ1n) is 7.05. The van der Waals surface area contributed by atoms with Crippen LogP contribution in [0.1, 0.15) is 30.2 Å². The predicted molar refractivity (Wildman–Crippen MR) is 85.2 cm³/mol. The Balaban J connectivity index is 1.48. The third kappa shape index (κ3) is 3.61. The molecule has 0 aliphatic heterocycles. The van der Waals surface area contributed by atoms with E-state index in [-0.39, 0.29) is 0 Å². The average Bonchev–Trinajstić information content (AvgIpc) is 2.95. The van der Waals surface area contributed by atoms with Gasteiger partial charge in [-0.1, -0.05) is 12.1 Å². The lowest BCUT2D eigenvalue weighted by Crippen LogP contribution is -1.95. The van der Waals surface area contributed by atoms with E-state index in [2.05, 4.69) is 21.9 Å². The number of aryl methyl sites for hydroxylation is 1. The Morgan fingerprint density at radius 1 is 1.24 bits per heavy atom. The van der Waals surface area contributed by atoms with Crippen molar-refractivity contribution in [3.63, 3.8) is 0 Å². The first-order chi connectivity index (χ1) is 10.3. The normalized spacial score (nSPS) is 12.6. The van der Waals surface area contributed by atoms with Crippen molar-refractivity contribution in [2.24, 2.45) is 0 Å². The molecule has 2 heterocycles. The highest BCUT2D eigenvalue weighted by Crippen LogP contribution is 2.27. The van der Waals surface area contributed by atoms with E-state index in [4.69, 9.17) is 4.42 Å². The Hall–Kier alpha value is -1.88. The van der Waals surface area contributed by atoms with Crippen LogP contribution in [-0.2, 0) is 6.42 Å². The van der Waals surface area contributed by atoms with Gasteiger partial charge in [0, 0.05) is 30.3 Å². The Morgan fingerprint density at radius 3 is 2.95 bits per heavy atom. The van der Waals surface area contributed by atoms with Crippen LogP contribution >= 0.6 is 11.8 Å². The molecule has 0 amide bonds. The topological polar surface area (TPSA) is 51.8 Å². The summed E-state index contributed by atoms with van der Waals surface area (Å²) >= 11 is 1.88. The van der Waals surface area contributed by atoms with Crippen LogP contribution in [0.15, 0.2) is 47.3 Å². The summed E-state index contributed by atoms with van der Waals surface area (Å²) in [5.74, 6) is 1.88. The average molecular weight is 299 g/mol. The molecule has 1 atom stereocenters. The van der Waals surface area contributed by atoms with Crippen LogP contribution < -0.4 is 0 Å². The number of oxazole rings is 1. The minimum atomic E-state index is 0.363. The van der Waals surface area contributed by atoms with E-state index in [9.17, 15) is 0 Å². The molecule has 0 bridgehead atoms. The second kappa shape index (κ2) is 6.72. The van der Waals surface area contributed by atoms with Crippen LogP contribution in [0.25, 0.3) is 11.1 Å². The van der Waals surface area contributed by atoms with Gasteiger partial charge in [0.15, 0.2) is 11.5 Å². The molecule has 21 heavy (non-hydrogen) atoms. The van der Waals surface area contributed by atoms with Crippen LogP contribution in [0, 0.1) is 0 Å². The molecule has 0 saturated heterocycles. The van der Waals surface area contributed by atoms with E-state index in [1.807, 2.05) is 42.2 Å². The third-order valence-corrected chi connectivity index (χ3v) is 4.51. The van der Waals surface area contributed by atoms with Crippen molar-refractivity contribution in [3.8, 4) is 0 Å². The van der Waals surface area contributed by atoms with Crippen LogP contribution in [0.4, 0.5) is 0 Å². The van der Waals surface area contributed by atoms with Crippen LogP contribution in [-0.4, -0.2) is 20.7 Å². The van der Waals surface area contributed by atoms with E-state index in [0.29, 0.717) is 5.25 Å². The van der Waals surface area contributed by atoms with Gasteiger partial charge < -0.3 is 4.42 Å². The van der Waals surface area contributed by atoms with Crippen molar-refractivity contribution in [1.29, 1.82) is 0 Å². The Morgan fingerprint density at radius 2 is 2.14 bits per heavy atom. The summed E-state index contributed by atoms with van der Waals surface area (Å²) in [5, 5.41) is 0.363. The molecule has 1 aromatic carbocycles. The van der Waals surface area contributed by atoms with Crippen molar-refractivity contribution in [3.05, 3.63) is 54.4 Å². The largest absolute Gasteiger partial charge is 0.441 e. The minimum absolute atomic E-state index is 0.363. The molecule has 3 rings (SSSR count). The summed E-state index contributed by atoms with van der Waals surface area (Å²) in [6, 6.07) is 7.88. The molecule has 5 heteroatoms. The summed E-state index contributed by atoms with van der Waals surface area (Å²) in [5.41, 5.74) is 2.84. The van der Waals surface area contributed by atoms with E-state index in [1.165, 1.54) is 0 Å². The second-order valence-electron chi connectivity index (χ2n) is 4.82. The van der Waals surface area contributed by atoms with Gasteiger partial charge in [-0.2, -0.15) is 11.8 Å². The van der Waals surface area contributed by atoms with Crippen molar-refractivity contribution >= 4 is 22.9 Å². The molecular weight excluding hydrogens is 282 g/mol. The lowest BCUT2D eigenvalue weighted by atomic mass is 10.3. The number of hydrogen-bond donors (Lipinski definition) is 0. The van der Waals surface area contributed by atoms with Crippen molar-refractivity contribution < 1.29 is 4.42 Å². The molecule has 0 saturated carbocycles. The highest BCUT2D eigenvalue weighted by molar-refractivity contribution is 7.99. The monoisotopic (exact) mass is 299 g/mol. The number of aromatic nitrogens is 3. The molecular formula is C16H17N3OS. The summed E-state index contributed by atoms with van der Waals surface area (Å²) in [6.45, 7) is 2.16. The second-order valence-corrected chi connectivity index (χ2v) is 6.27. The summed E-state index contributed by atoms with van der Waals surface area (Å²) in [7, 11) is 0. The van der Waals surface area contributed by atoms with E-state index in [1.54, 1.807) is 12.4 Å². The lowest BCUT2D eigenvalue weighted by molar-refractivity contribution is 0.526. The van der Waals surface area contributed by atoms with Gasteiger partial charge in [-0.15, -0.1) is 0 Å². The fraction of sp³-hybridized carbons (Fsp3) is 0.312. The van der Waals surface area contributed by atoms with Crippen molar-refractivity contribution in [1.82, 2.24) is 15.0 Å². The highest BCUT2D eigenvalue weighted by Gasteiger charge is 2.08. The quantitative estimate of drug-likeness (QED) is 0.643. The van der Waals surface area contributed by atoms with Crippen molar-refractivity contribution in [2.75, 3.05) is 5.75 Å². The molecule has 108 valence electrons. The Bertz CT molecular complexity index is 666. The molecule has 0 aliphatic rings. The summed E-state index contributed by atoms with van der Waals surface area (Å²) < 4.78 is 5.72. The number of para-hydroxylation sites is 2. The maximum atomic E-state index is 5.72. The van der Waals surface area contributed by atoms with Crippen molar-refractivity contribution in [2.45, 2.75) is 25.0 Å². The zero-order valence-electron chi connectivity index (χ0n) is 11.9.